The molecular weight excluding hydrogens is 510 g/mol. The molecule has 1 atom stereocenters. The number of anilines is 1. The fourth-order valence-electron chi connectivity index (χ4n) is 4.77. The van der Waals surface area contributed by atoms with Crippen LogP contribution in [-0.2, 0) is 26.0 Å². The van der Waals surface area contributed by atoms with Gasteiger partial charge in [-0.15, -0.1) is 0 Å². The number of carbonyl (C=O) groups excluding carboxylic acids is 2. The zero-order chi connectivity index (χ0) is 26.8. The van der Waals surface area contributed by atoms with Crippen molar-refractivity contribution in [1.82, 2.24) is 10.2 Å². The van der Waals surface area contributed by atoms with Crippen LogP contribution in [0, 0.1) is 0 Å². The molecule has 0 unspecified atom stereocenters. The number of benzene rings is 2. The molecule has 0 aliphatic heterocycles. The molecule has 3 rings (SSSR count). The first-order valence-electron chi connectivity index (χ1n) is 13.0. The summed E-state index contributed by atoms with van der Waals surface area (Å²) in [5.41, 5.74) is 1.55. The van der Waals surface area contributed by atoms with E-state index >= 15 is 0 Å². The molecule has 1 N–H and O–H groups in total. The predicted molar refractivity (Wildman–Crippen MR) is 149 cm³/mol. The van der Waals surface area contributed by atoms with Crippen LogP contribution >= 0.6 is 11.6 Å². The van der Waals surface area contributed by atoms with Gasteiger partial charge in [-0.05, 0) is 56.4 Å². The molecule has 202 valence electrons. The van der Waals surface area contributed by atoms with Crippen LogP contribution < -0.4 is 9.62 Å². The number of hydrogen-bond acceptors (Lipinski definition) is 4. The van der Waals surface area contributed by atoms with Crippen molar-refractivity contribution in [3.8, 4) is 0 Å². The van der Waals surface area contributed by atoms with Crippen LogP contribution in [0.2, 0.25) is 5.02 Å². The first-order valence-corrected chi connectivity index (χ1v) is 15.2. The van der Waals surface area contributed by atoms with Crippen molar-refractivity contribution in [1.29, 1.82) is 0 Å². The minimum absolute atomic E-state index is 0.127. The van der Waals surface area contributed by atoms with Gasteiger partial charge in [-0.3, -0.25) is 13.9 Å². The Balaban J connectivity index is 1.67. The van der Waals surface area contributed by atoms with Crippen LogP contribution in [0.15, 0.2) is 54.6 Å². The molecule has 2 aromatic rings. The highest BCUT2D eigenvalue weighted by Crippen LogP contribution is 2.23. The van der Waals surface area contributed by atoms with Gasteiger partial charge in [0.15, 0.2) is 0 Å². The van der Waals surface area contributed by atoms with Gasteiger partial charge in [0.1, 0.15) is 6.04 Å². The smallest absolute Gasteiger partial charge is 0.242 e. The zero-order valence-electron chi connectivity index (χ0n) is 21.7. The highest BCUT2D eigenvalue weighted by Gasteiger charge is 2.28. The summed E-state index contributed by atoms with van der Waals surface area (Å²) < 4.78 is 26.1. The van der Waals surface area contributed by atoms with Gasteiger partial charge in [0.05, 0.1) is 11.9 Å². The topological polar surface area (TPSA) is 86.8 Å². The standard InChI is InChI=1S/C28H38ClN3O4S/c1-22(28(34)30-25-14-7-4-8-15-25)31(20-18-23-11-5-3-6-12-23)27(33)17-10-19-32(37(2,35)36)26-16-9-13-24(29)21-26/h3,5-6,9,11-13,16,21-22,25H,4,7-8,10,14-15,17-20H2,1-2H3,(H,30,34)/t22-/m1/s1. The van der Waals surface area contributed by atoms with Crippen molar-refractivity contribution < 1.29 is 18.0 Å². The van der Waals surface area contributed by atoms with Crippen molar-refractivity contribution >= 4 is 39.1 Å². The molecule has 9 heteroatoms. The number of carbonyl (C=O) groups is 2. The maximum absolute atomic E-state index is 13.4. The Morgan fingerprint density at radius 1 is 1.03 bits per heavy atom. The van der Waals surface area contributed by atoms with E-state index in [0.29, 0.717) is 30.1 Å². The minimum atomic E-state index is -3.56. The average Bonchev–Trinajstić information content (AvgIpc) is 2.87. The Labute approximate surface area is 226 Å². The van der Waals surface area contributed by atoms with Crippen molar-refractivity contribution in [3.63, 3.8) is 0 Å². The fourth-order valence-corrected chi connectivity index (χ4v) is 5.92. The lowest BCUT2D eigenvalue weighted by molar-refractivity contribution is -0.140. The van der Waals surface area contributed by atoms with E-state index in [1.165, 1.54) is 10.7 Å². The Hall–Kier alpha value is -2.58. The average molecular weight is 548 g/mol. The quantitative estimate of drug-likeness (QED) is 0.414. The number of halogens is 1. The van der Waals surface area contributed by atoms with E-state index in [9.17, 15) is 18.0 Å². The molecule has 2 amide bonds. The first kappa shape index (κ1) is 29.0. The third-order valence-electron chi connectivity index (χ3n) is 6.85. The third-order valence-corrected chi connectivity index (χ3v) is 8.28. The highest BCUT2D eigenvalue weighted by atomic mass is 35.5. The van der Waals surface area contributed by atoms with Crippen molar-refractivity contribution in [3.05, 3.63) is 65.2 Å². The molecule has 7 nitrogen and oxygen atoms in total. The van der Waals surface area contributed by atoms with E-state index in [1.54, 1.807) is 36.1 Å². The molecule has 37 heavy (non-hydrogen) atoms. The first-order chi connectivity index (χ1) is 17.6. The zero-order valence-corrected chi connectivity index (χ0v) is 23.3. The normalized spacial score (nSPS) is 15.1. The minimum Gasteiger partial charge on any atom is -0.352 e. The molecule has 0 radical (unpaired) electrons. The lowest BCUT2D eigenvalue weighted by atomic mass is 9.95. The number of sulfonamides is 1. The molecule has 0 spiro atoms. The molecule has 1 aliphatic rings. The molecule has 0 bridgehead atoms. The van der Waals surface area contributed by atoms with Crippen molar-refractivity contribution in [2.75, 3.05) is 23.7 Å². The van der Waals surface area contributed by atoms with E-state index in [1.807, 2.05) is 30.3 Å². The Bertz CT molecular complexity index is 1140. The van der Waals surface area contributed by atoms with E-state index in [-0.39, 0.29) is 30.8 Å². The summed E-state index contributed by atoms with van der Waals surface area (Å²) in [6.45, 7) is 2.32. The van der Waals surface area contributed by atoms with Crippen molar-refractivity contribution in [2.45, 2.75) is 70.4 Å². The number of hydrogen-bond donors (Lipinski definition) is 1. The monoisotopic (exact) mass is 547 g/mol. The van der Waals surface area contributed by atoms with E-state index in [0.717, 1.165) is 37.5 Å². The second-order valence-electron chi connectivity index (χ2n) is 9.76. The molecule has 0 saturated heterocycles. The van der Waals surface area contributed by atoms with Crippen molar-refractivity contribution in [2.24, 2.45) is 0 Å². The molecule has 1 fully saturated rings. The van der Waals surface area contributed by atoms with Gasteiger partial charge in [-0.1, -0.05) is 67.3 Å². The Morgan fingerprint density at radius 2 is 1.73 bits per heavy atom. The molecule has 2 aromatic carbocycles. The van der Waals surface area contributed by atoms with Crippen LogP contribution in [0.3, 0.4) is 0 Å². The van der Waals surface area contributed by atoms with Gasteiger partial charge in [0.2, 0.25) is 21.8 Å². The number of rotatable bonds is 12. The summed E-state index contributed by atoms with van der Waals surface area (Å²) in [5.74, 6) is -0.299. The van der Waals surface area contributed by atoms with Gasteiger partial charge < -0.3 is 10.2 Å². The number of nitrogens with one attached hydrogen (secondary N) is 1. The summed E-state index contributed by atoms with van der Waals surface area (Å²) in [4.78, 5) is 28.1. The van der Waals surface area contributed by atoms with Crippen LogP contribution in [0.4, 0.5) is 5.69 Å². The van der Waals surface area contributed by atoms with E-state index in [2.05, 4.69) is 5.32 Å². The summed E-state index contributed by atoms with van der Waals surface area (Å²) in [7, 11) is -3.56. The lowest BCUT2D eigenvalue weighted by Crippen LogP contribution is -2.51. The van der Waals surface area contributed by atoms with Gasteiger partial charge in [0.25, 0.3) is 0 Å². The highest BCUT2D eigenvalue weighted by molar-refractivity contribution is 7.92. The third kappa shape index (κ3) is 9.04. The second-order valence-corrected chi connectivity index (χ2v) is 12.1. The summed E-state index contributed by atoms with van der Waals surface area (Å²) in [5, 5.41) is 3.58. The molecule has 1 saturated carbocycles. The summed E-state index contributed by atoms with van der Waals surface area (Å²) in [6.07, 6.45) is 7.58. The van der Waals surface area contributed by atoms with Crippen LogP contribution in [0.5, 0.6) is 0 Å². The Kier molecular flexibility index (Phi) is 10.8. The summed E-state index contributed by atoms with van der Waals surface area (Å²) in [6, 6.07) is 16.1. The fraction of sp³-hybridized carbons (Fsp3) is 0.500. The summed E-state index contributed by atoms with van der Waals surface area (Å²) >= 11 is 6.06. The number of amides is 2. The van der Waals surface area contributed by atoms with Gasteiger partial charge >= 0.3 is 0 Å². The largest absolute Gasteiger partial charge is 0.352 e. The molecule has 0 heterocycles. The predicted octanol–water partition coefficient (Wildman–Crippen LogP) is 4.79. The van der Waals surface area contributed by atoms with Crippen LogP contribution in [-0.4, -0.2) is 56.6 Å². The molecule has 1 aliphatic carbocycles. The van der Waals surface area contributed by atoms with Gasteiger partial charge in [-0.25, -0.2) is 8.42 Å². The van der Waals surface area contributed by atoms with Gasteiger partial charge in [-0.2, -0.15) is 0 Å². The molecular formula is C28H38ClN3O4S. The second kappa shape index (κ2) is 13.8. The Morgan fingerprint density at radius 3 is 2.38 bits per heavy atom. The van der Waals surface area contributed by atoms with E-state index < -0.39 is 16.1 Å². The SMILES string of the molecule is C[C@H](C(=O)NC1CCCCC1)N(CCc1ccccc1)C(=O)CCCN(c1cccc(Cl)c1)S(C)(=O)=O. The number of nitrogens with zero attached hydrogens (tertiary/aromatic N) is 2. The molecule has 0 aromatic heterocycles. The maximum atomic E-state index is 13.4. The van der Waals surface area contributed by atoms with Crippen LogP contribution in [0.1, 0.15) is 57.4 Å². The van der Waals surface area contributed by atoms with E-state index in [4.69, 9.17) is 11.6 Å². The lowest BCUT2D eigenvalue weighted by Gasteiger charge is -2.31. The van der Waals surface area contributed by atoms with Gasteiger partial charge in [0, 0.05) is 30.6 Å². The maximum Gasteiger partial charge on any atom is 0.242 e. The van der Waals surface area contributed by atoms with Crippen LogP contribution in [0.25, 0.3) is 0 Å².